The van der Waals surface area contributed by atoms with Crippen LogP contribution in [0.1, 0.15) is 23.7 Å². The molecule has 1 heterocycles. The van der Waals surface area contributed by atoms with Gasteiger partial charge in [0.25, 0.3) is 5.91 Å². The number of ether oxygens (including phenoxy) is 1. The van der Waals surface area contributed by atoms with Crippen molar-refractivity contribution in [2.75, 3.05) is 32.5 Å². The molecule has 1 fully saturated rings. The molecule has 1 aliphatic rings. The highest BCUT2D eigenvalue weighted by atomic mass is 16.5. The van der Waals surface area contributed by atoms with Crippen molar-refractivity contribution in [1.82, 2.24) is 10.2 Å². The summed E-state index contributed by atoms with van der Waals surface area (Å²) in [5, 5.41) is 3.05. The minimum absolute atomic E-state index is 0.0683. The normalized spacial score (nSPS) is 19.4. The van der Waals surface area contributed by atoms with Gasteiger partial charge in [0.1, 0.15) is 5.75 Å². The van der Waals surface area contributed by atoms with E-state index in [0.717, 1.165) is 26.1 Å². The molecule has 1 saturated heterocycles. The van der Waals surface area contributed by atoms with Crippen LogP contribution in [0, 0.1) is 0 Å². The summed E-state index contributed by atoms with van der Waals surface area (Å²) in [6.07, 6.45) is 1.01. The molecule has 5 heteroatoms. The highest BCUT2D eigenvalue weighted by Crippen LogP contribution is 2.22. The Labute approximate surface area is 113 Å². The molecule has 5 nitrogen and oxygen atoms in total. The number of nitrogens with one attached hydrogen (secondary N) is 1. The Bertz CT molecular complexity index is 462. The number of methoxy groups -OCH3 is 1. The van der Waals surface area contributed by atoms with Crippen LogP contribution in [0.5, 0.6) is 5.75 Å². The summed E-state index contributed by atoms with van der Waals surface area (Å²) in [7, 11) is 1.55. The molecule has 1 amide bonds. The van der Waals surface area contributed by atoms with Gasteiger partial charge < -0.3 is 20.7 Å². The van der Waals surface area contributed by atoms with Gasteiger partial charge in [0, 0.05) is 24.7 Å². The summed E-state index contributed by atoms with van der Waals surface area (Å²) in [5.74, 6) is 0.468. The number of anilines is 1. The lowest BCUT2D eigenvalue weighted by Gasteiger charge is -2.15. The molecule has 0 saturated carbocycles. The number of likely N-dealkylation sites (tertiary alicyclic amines) is 1. The van der Waals surface area contributed by atoms with Crippen LogP contribution < -0.4 is 15.8 Å². The minimum Gasteiger partial charge on any atom is -0.495 e. The highest BCUT2D eigenvalue weighted by molar-refractivity contribution is 5.95. The predicted octanol–water partition coefficient (Wildman–Crippen LogP) is 1.10. The van der Waals surface area contributed by atoms with E-state index >= 15 is 0 Å². The van der Waals surface area contributed by atoms with Crippen molar-refractivity contribution in [3.63, 3.8) is 0 Å². The Balaban J connectivity index is 2.00. The Morgan fingerprint density at radius 1 is 1.58 bits per heavy atom. The van der Waals surface area contributed by atoms with E-state index in [0.29, 0.717) is 17.0 Å². The quantitative estimate of drug-likeness (QED) is 0.798. The first-order valence-electron chi connectivity index (χ1n) is 6.60. The average molecular weight is 263 g/mol. The summed E-state index contributed by atoms with van der Waals surface area (Å²) in [4.78, 5) is 14.5. The largest absolute Gasteiger partial charge is 0.495 e. The second kappa shape index (κ2) is 5.93. The minimum atomic E-state index is -0.0683. The molecule has 0 radical (unpaired) electrons. The summed E-state index contributed by atoms with van der Waals surface area (Å²) < 4.78 is 5.13. The van der Waals surface area contributed by atoms with Crippen LogP contribution in [-0.4, -0.2) is 43.6 Å². The average Bonchev–Trinajstić information content (AvgIpc) is 2.86. The van der Waals surface area contributed by atoms with Crippen LogP contribution in [0.15, 0.2) is 18.2 Å². The lowest BCUT2D eigenvalue weighted by Crippen LogP contribution is -2.37. The van der Waals surface area contributed by atoms with Gasteiger partial charge >= 0.3 is 0 Å². The van der Waals surface area contributed by atoms with Crippen LogP contribution in [0.3, 0.4) is 0 Å². The van der Waals surface area contributed by atoms with E-state index in [1.807, 2.05) is 0 Å². The summed E-state index contributed by atoms with van der Waals surface area (Å²) >= 11 is 0. The van der Waals surface area contributed by atoms with Gasteiger partial charge in [0.2, 0.25) is 0 Å². The standard InChI is InChI=1S/C14H21N3O2/c1-3-17-7-6-11(9-17)16-14(18)10-4-5-12(15)13(8-10)19-2/h4-5,8,11H,3,6-7,9,15H2,1-2H3,(H,16,18)/t11-/m1/s1. The van der Waals surface area contributed by atoms with E-state index in [4.69, 9.17) is 10.5 Å². The lowest BCUT2D eigenvalue weighted by molar-refractivity contribution is 0.0937. The monoisotopic (exact) mass is 263 g/mol. The number of carbonyl (C=O) groups excluding carboxylic acids is 1. The zero-order chi connectivity index (χ0) is 13.8. The van der Waals surface area contributed by atoms with E-state index in [-0.39, 0.29) is 11.9 Å². The van der Waals surface area contributed by atoms with Crippen LogP contribution in [0.2, 0.25) is 0 Å². The number of benzene rings is 1. The van der Waals surface area contributed by atoms with Crippen molar-refractivity contribution >= 4 is 11.6 Å². The molecule has 0 spiro atoms. The molecule has 19 heavy (non-hydrogen) atoms. The van der Waals surface area contributed by atoms with Crippen molar-refractivity contribution in [1.29, 1.82) is 0 Å². The van der Waals surface area contributed by atoms with Gasteiger partial charge in [-0.2, -0.15) is 0 Å². The third-order valence-electron chi connectivity index (χ3n) is 3.55. The molecule has 2 rings (SSSR count). The van der Waals surface area contributed by atoms with Crippen molar-refractivity contribution in [3.05, 3.63) is 23.8 Å². The Hall–Kier alpha value is -1.75. The fraction of sp³-hybridized carbons (Fsp3) is 0.500. The van der Waals surface area contributed by atoms with Crippen molar-refractivity contribution in [3.8, 4) is 5.75 Å². The maximum atomic E-state index is 12.1. The fourth-order valence-corrected chi connectivity index (χ4v) is 2.36. The van der Waals surface area contributed by atoms with Crippen LogP contribution >= 0.6 is 0 Å². The van der Waals surface area contributed by atoms with Gasteiger partial charge in [-0.25, -0.2) is 0 Å². The second-order valence-corrected chi connectivity index (χ2v) is 4.81. The zero-order valence-electron chi connectivity index (χ0n) is 11.5. The third-order valence-corrected chi connectivity index (χ3v) is 3.55. The smallest absolute Gasteiger partial charge is 0.251 e. The maximum absolute atomic E-state index is 12.1. The lowest BCUT2D eigenvalue weighted by atomic mass is 10.1. The van der Waals surface area contributed by atoms with E-state index in [2.05, 4.69) is 17.1 Å². The summed E-state index contributed by atoms with van der Waals surface area (Å²) in [5.41, 5.74) is 6.86. The van der Waals surface area contributed by atoms with Crippen LogP contribution in [-0.2, 0) is 0 Å². The number of carbonyl (C=O) groups is 1. The van der Waals surface area contributed by atoms with Gasteiger partial charge in [-0.1, -0.05) is 6.92 Å². The topological polar surface area (TPSA) is 67.6 Å². The molecular weight excluding hydrogens is 242 g/mol. The molecule has 0 unspecified atom stereocenters. The maximum Gasteiger partial charge on any atom is 0.251 e. The van der Waals surface area contributed by atoms with Crippen LogP contribution in [0.25, 0.3) is 0 Å². The molecule has 1 aromatic rings. The first-order valence-corrected chi connectivity index (χ1v) is 6.60. The Morgan fingerprint density at radius 3 is 3.00 bits per heavy atom. The number of nitrogen functional groups attached to an aromatic ring is 1. The molecule has 0 aromatic heterocycles. The Kier molecular flexibility index (Phi) is 4.27. The van der Waals surface area contributed by atoms with E-state index in [1.54, 1.807) is 25.3 Å². The third kappa shape index (κ3) is 3.17. The second-order valence-electron chi connectivity index (χ2n) is 4.81. The van der Waals surface area contributed by atoms with Crippen molar-refractivity contribution in [2.24, 2.45) is 0 Å². The van der Waals surface area contributed by atoms with E-state index in [9.17, 15) is 4.79 Å². The predicted molar refractivity (Wildman–Crippen MR) is 75.4 cm³/mol. The Morgan fingerprint density at radius 2 is 2.37 bits per heavy atom. The van der Waals surface area contributed by atoms with Gasteiger partial charge in [-0.05, 0) is 31.2 Å². The number of rotatable bonds is 4. The SMILES string of the molecule is CCN1CC[C@@H](NC(=O)c2ccc(N)c(OC)c2)C1. The molecule has 0 aliphatic carbocycles. The summed E-state index contributed by atoms with van der Waals surface area (Å²) in [6, 6.07) is 5.33. The molecule has 104 valence electrons. The fourth-order valence-electron chi connectivity index (χ4n) is 2.36. The van der Waals surface area contributed by atoms with Gasteiger partial charge in [-0.15, -0.1) is 0 Å². The molecule has 1 aliphatic heterocycles. The number of amides is 1. The first kappa shape index (κ1) is 13.7. The molecule has 0 bridgehead atoms. The van der Waals surface area contributed by atoms with Gasteiger partial charge in [-0.3, -0.25) is 4.79 Å². The molecule has 3 N–H and O–H groups in total. The molecule has 1 atom stereocenters. The zero-order valence-corrected chi connectivity index (χ0v) is 11.5. The highest BCUT2D eigenvalue weighted by Gasteiger charge is 2.23. The van der Waals surface area contributed by atoms with Crippen molar-refractivity contribution in [2.45, 2.75) is 19.4 Å². The van der Waals surface area contributed by atoms with E-state index < -0.39 is 0 Å². The molecular formula is C14H21N3O2. The number of likely N-dealkylation sites (N-methyl/N-ethyl adjacent to an activating group) is 1. The number of nitrogens with zero attached hydrogens (tertiary/aromatic N) is 1. The number of nitrogens with two attached hydrogens (primary N) is 1. The first-order chi connectivity index (χ1) is 9.13. The van der Waals surface area contributed by atoms with Crippen molar-refractivity contribution < 1.29 is 9.53 Å². The summed E-state index contributed by atoms with van der Waals surface area (Å²) in [6.45, 7) is 5.14. The molecule has 1 aromatic carbocycles. The number of hydrogen-bond acceptors (Lipinski definition) is 4. The van der Waals surface area contributed by atoms with Gasteiger partial charge in [0.15, 0.2) is 0 Å². The van der Waals surface area contributed by atoms with E-state index in [1.165, 1.54) is 0 Å². The number of hydrogen-bond donors (Lipinski definition) is 2. The van der Waals surface area contributed by atoms with Gasteiger partial charge in [0.05, 0.1) is 12.8 Å². The van der Waals surface area contributed by atoms with Crippen LogP contribution in [0.4, 0.5) is 5.69 Å².